The summed E-state index contributed by atoms with van der Waals surface area (Å²) >= 11 is 0. The van der Waals surface area contributed by atoms with Crippen molar-refractivity contribution in [3.63, 3.8) is 0 Å². The lowest BCUT2D eigenvalue weighted by molar-refractivity contribution is 0.354. The topological polar surface area (TPSA) is 43.4 Å². The third-order valence-electron chi connectivity index (χ3n) is 4.54. The molecule has 126 valence electrons. The van der Waals surface area contributed by atoms with Crippen LogP contribution >= 0.6 is 0 Å². The van der Waals surface area contributed by atoms with Crippen LogP contribution < -0.4 is 4.74 Å². The summed E-state index contributed by atoms with van der Waals surface area (Å²) in [5.41, 5.74) is 2.69. The Labute approximate surface area is 147 Å². The number of sulfone groups is 1. The van der Waals surface area contributed by atoms with Crippen molar-refractivity contribution in [2.75, 3.05) is 12.4 Å². The summed E-state index contributed by atoms with van der Waals surface area (Å²) in [6.07, 6.45) is 1.86. The highest BCUT2D eigenvalue weighted by molar-refractivity contribution is 7.91. The van der Waals surface area contributed by atoms with E-state index < -0.39 is 9.84 Å². The zero-order chi connectivity index (χ0) is 17.4. The molecule has 0 aromatic heterocycles. The number of rotatable bonds is 3. The molecule has 0 unspecified atom stereocenters. The molecule has 1 aliphatic heterocycles. The van der Waals surface area contributed by atoms with Crippen molar-refractivity contribution in [1.29, 1.82) is 0 Å². The third kappa shape index (κ3) is 2.94. The molecule has 4 heteroatoms. The number of hydrogen-bond acceptors (Lipinski definition) is 3. The Morgan fingerprint density at radius 3 is 2.60 bits per heavy atom. The van der Waals surface area contributed by atoms with Crippen molar-refractivity contribution in [2.45, 2.75) is 11.8 Å². The van der Waals surface area contributed by atoms with Gasteiger partial charge in [-0.15, -0.1) is 0 Å². The summed E-state index contributed by atoms with van der Waals surface area (Å²) in [4.78, 5) is 0.354. The molecule has 0 amide bonds. The monoisotopic (exact) mass is 350 g/mol. The van der Waals surface area contributed by atoms with E-state index in [2.05, 4.69) is 0 Å². The molecule has 0 N–H and O–H groups in total. The van der Waals surface area contributed by atoms with E-state index in [0.717, 1.165) is 33.2 Å². The lowest BCUT2D eigenvalue weighted by Gasteiger charge is -2.20. The first-order valence-corrected chi connectivity index (χ1v) is 9.83. The van der Waals surface area contributed by atoms with Crippen molar-refractivity contribution in [3.8, 4) is 5.75 Å². The molecule has 0 radical (unpaired) electrons. The van der Waals surface area contributed by atoms with E-state index in [-0.39, 0.29) is 5.75 Å². The lowest BCUT2D eigenvalue weighted by atomic mass is 10.0. The van der Waals surface area contributed by atoms with Gasteiger partial charge in [0, 0.05) is 5.56 Å². The Morgan fingerprint density at radius 1 is 0.960 bits per heavy atom. The van der Waals surface area contributed by atoms with Crippen LogP contribution in [0, 0.1) is 6.92 Å². The number of aryl methyl sites for hydroxylation is 1. The number of benzene rings is 3. The second-order valence-corrected chi connectivity index (χ2v) is 8.25. The van der Waals surface area contributed by atoms with Gasteiger partial charge < -0.3 is 4.74 Å². The Morgan fingerprint density at radius 2 is 1.76 bits per heavy atom. The molecule has 0 aliphatic carbocycles. The van der Waals surface area contributed by atoms with Crippen LogP contribution in [0.25, 0.3) is 16.3 Å². The summed E-state index contributed by atoms with van der Waals surface area (Å²) in [5.74, 6) is 0.763. The van der Waals surface area contributed by atoms with Gasteiger partial charge in [0.15, 0.2) is 9.84 Å². The van der Waals surface area contributed by atoms with E-state index in [0.29, 0.717) is 11.5 Å². The molecule has 1 aliphatic rings. The van der Waals surface area contributed by atoms with Gasteiger partial charge >= 0.3 is 0 Å². The first-order chi connectivity index (χ1) is 12.0. The molecule has 0 saturated heterocycles. The number of ether oxygens (including phenoxy) is 1. The molecule has 0 bridgehead atoms. The highest BCUT2D eigenvalue weighted by Crippen LogP contribution is 2.34. The average Bonchev–Trinajstić information content (AvgIpc) is 2.62. The van der Waals surface area contributed by atoms with Gasteiger partial charge in [0.05, 0.1) is 10.6 Å². The summed E-state index contributed by atoms with van der Waals surface area (Å²) in [5, 5.41) is 1.97. The molecule has 3 aromatic rings. The second-order valence-electron chi connectivity index (χ2n) is 6.26. The standard InChI is InChI=1S/C21H18O3S/c1-15-5-4-8-20-18(11-12-24-21(15)20)14-25(22,23)19-10-9-16-6-2-3-7-17(16)13-19/h2-11,13H,12,14H2,1H3. The smallest absolute Gasteiger partial charge is 0.182 e. The summed E-state index contributed by atoms with van der Waals surface area (Å²) in [6.45, 7) is 2.38. The van der Waals surface area contributed by atoms with Gasteiger partial charge in [-0.1, -0.05) is 48.5 Å². The van der Waals surface area contributed by atoms with Crippen molar-refractivity contribution in [2.24, 2.45) is 0 Å². The minimum Gasteiger partial charge on any atom is -0.489 e. The van der Waals surface area contributed by atoms with E-state index in [4.69, 9.17) is 4.74 Å². The molecule has 0 spiro atoms. The molecule has 0 saturated carbocycles. The molecule has 0 fully saturated rings. The average molecular weight is 350 g/mol. The lowest BCUT2D eigenvalue weighted by Crippen LogP contribution is -2.14. The van der Waals surface area contributed by atoms with Gasteiger partial charge in [0.25, 0.3) is 0 Å². The maximum Gasteiger partial charge on any atom is 0.182 e. The van der Waals surface area contributed by atoms with Crippen LogP contribution in [0.4, 0.5) is 0 Å². The maximum absolute atomic E-state index is 13.0. The summed E-state index contributed by atoms with van der Waals surface area (Å²) in [6, 6.07) is 18.9. The van der Waals surface area contributed by atoms with E-state index in [9.17, 15) is 8.42 Å². The van der Waals surface area contributed by atoms with E-state index in [1.807, 2.05) is 61.5 Å². The predicted octanol–water partition coefficient (Wildman–Crippen LogP) is 4.40. The Hall–Kier alpha value is -2.59. The Kier molecular flexibility index (Phi) is 3.85. The quantitative estimate of drug-likeness (QED) is 0.703. The minimum atomic E-state index is -3.43. The fourth-order valence-electron chi connectivity index (χ4n) is 3.22. The molecule has 0 atom stereocenters. The summed E-state index contributed by atoms with van der Waals surface area (Å²) in [7, 11) is -3.43. The molecular formula is C21H18O3S. The predicted molar refractivity (Wildman–Crippen MR) is 101 cm³/mol. The van der Waals surface area contributed by atoms with Gasteiger partial charge in [-0.25, -0.2) is 8.42 Å². The van der Waals surface area contributed by atoms with Gasteiger partial charge in [0.1, 0.15) is 12.4 Å². The zero-order valence-electron chi connectivity index (χ0n) is 13.9. The number of hydrogen-bond donors (Lipinski definition) is 0. The van der Waals surface area contributed by atoms with Gasteiger partial charge in [0.2, 0.25) is 0 Å². The molecule has 3 nitrogen and oxygen atoms in total. The SMILES string of the molecule is Cc1cccc2c1OCC=C2CS(=O)(=O)c1ccc2ccccc2c1. The molecule has 25 heavy (non-hydrogen) atoms. The van der Waals surface area contributed by atoms with Gasteiger partial charge in [-0.2, -0.15) is 0 Å². The number of para-hydroxylation sites is 1. The van der Waals surface area contributed by atoms with Crippen LogP contribution in [-0.4, -0.2) is 20.8 Å². The normalized spacial score (nSPS) is 13.9. The number of fused-ring (bicyclic) bond motifs is 2. The van der Waals surface area contributed by atoms with Crippen LogP contribution in [0.1, 0.15) is 11.1 Å². The van der Waals surface area contributed by atoms with Crippen LogP contribution in [-0.2, 0) is 9.84 Å². The Balaban J connectivity index is 1.72. The Bertz CT molecular complexity index is 1100. The van der Waals surface area contributed by atoms with Crippen molar-refractivity contribution in [3.05, 3.63) is 77.9 Å². The maximum atomic E-state index is 13.0. The van der Waals surface area contributed by atoms with Crippen molar-refractivity contribution in [1.82, 2.24) is 0 Å². The first-order valence-electron chi connectivity index (χ1n) is 8.18. The molecule has 4 rings (SSSR count). The fraction of sp³-hybridized carbons (Fsp3) is 0.143. The van der Waals surface area contributed by atoms with Crippen molar-refractivity contribution < 1.29 is 13.2 Å². The highest BCUT2D eigenvalue weighted by atomic mass is 32.2. The minimum absolute atomic E-state index is 0.0227. The van der Waals surface area contributed by atoms with E-state index >= 15 is 0 Å². The van der Waals surface area contributed by atoms with Crippen LogP contribution in [0.3, 0.4) is 0 Å². The first kappa shape index (κ1) is 15.9. The van der Waals surface area contributed by atoms with Gasteiger partial charge in [-0.3, -0.25) is 0 Å². The zero-order valence-corrected chi connectivity index (χ0v) is 14.7. The molecule has 3 aromatic carbocycles. The molecular weight excluding hydrogens is 332 g/mol. The largest absolute Gasteiger partial charge is 0.489 e. The van der Waals surface area contributed by atoms with Gasteiger partial charge in [-0.05, 0) is 47.0 Å². The fourth-order valence-corrected chi connectivity index (χ4v) is 4.65. The third-order valence-corrected chi connectivity index (χ3v) is 6.20. The van der Waals surface area contributed by atoms with Crippen LogP contribution in [0.15, 0.2) is 71.6 Å². The van der Waals surface area contributed by atoms with E-state index in [1.54, 1.807) is 12.1 Å². The van der Waals surface area contributed by atoms with E-state index in [1.165, 1.54) is 0 Å². The highest BCUT2D eigenvalue weighted by Gasteiger charge is 2.22. The second kappa shape index (κ2) is 6.05. The van der Waals surface area contributed by atoms with Crippen molar-refractivity contribution >= 4 is 26.2 Å². The summed E-state index contributed by atoms with van der Waals surface area (Å²) < 4.78 is 31.6. The van der Waals surface area contributed by atoms with Crippen LogP contribution in [0.5, 0.6) is 5.75 Å². The van der Waals surface area contributed by atoms with Crippen LogP contribution in [0.2, 0.25) is 0 Å². The molecule has 1 heterocycles.